The molecule has 252 valence electrons. The van der Waals surface area contributed by atoms with Crippen LogP contribution in [0.2, 0.25) is 0 Å². The van der Waals surface area contributed by atoms with E-state index in [1.165, 1.54) is 30.5 Å². The zero-order valence-corrected chi connectivity index (χ0v) is 29.7. The van der Waals surface area contributed by atoms with Crippen LogP contribution in [-0.4, -0.2) is 34.3 Å². The number of allylic oxidation sites excluding steroid dienone is 4. The highest BCUT2D eigenvalue weighted by Crippen LogP contribution is 2.34. The van der Waals surface area contributed by atoms with Gasteiger partial charge in [0.05, 0.1) is 22.8 Å². The predicted molar refractivity (Wildman–Crippen MR) is 196 cm³/mol. The van der Waals surface area contributed by atoms with Crippen LogP contribution in [0.5, 0.6) is 0 Å². The lowest BCUT2D eigenvalue weighted by Crippen LogP contribution is -2.11. The molecule has 2 N–H and O–H groups in total. The highest BCUT2D eigenvalue weighted by molar-refractivity contribution is 7.98. The fraction of sp³-hybridized carbons (Fsp3) is 0.421. The van der Waals surface area contributed by atoms with E-state index in [1.807, 2.05) is 57.7 Å². The largest absolute Gasteiger partial charge is 0.398 e. The van der Waals surface area contributed by atoms with Gasteiger partial charge in [-0.15, -0.1) is 0 Å². The second-order valence-corrected chi connectivity index (χ2v) is 12.7. The number of nitrogens with two attached hydrogens (primary N) is 1. The van der Waals surface area contributed by atoms with Crippen molar-refractivity contribution in [3.05, 3.63) is 110 Å². The number of aromatic nitrogens is 1. The normalized spacial score (nSPS) is 17.6. The summed E-state index contributed by atoms with van der Waals surface area (Å²) in [5.74, 6) is 2.87. The van der Waals surface area contributed by atoms with Gasteiger partial charge in [0.1, 0.15) is 0 Å². The van der Waals surface area contributed by atoms with E-state index in [4.69, 9.17) is 15.0 Å². The van der Waals surface area contributed by atoms with Crippen molar-refractivity contribution in [1.82, 2.24) is 5.16 Å². The molecule has 8 nitrogen and oxygen atoms in total. The Kier molecular flexibility index (Phi) is 15.2. The first-order chi connectivity index (χ1) is 22.6. The molecule has 0 amide bonds. The van der Waals surface area contributed by atoms with E-state index < -0.39 is 4.92 Å². The minimum atomic E-state index is -0.391. The Morgan fingerprint density at radius 3 is 2.40 bits per heavy atom. The number of non-ortho nitro benzene ring substituents is 1. The lowest BCUT2D eigenvalue weighted by atomic mass is 9.90. The number of hydrogen-bond donors (Lipinski definition) is 1. The lowest BCUT2D eigenvalue weighted by Gasteiger charge is -2.18. The highest BCUT2D eigenvalue weighted by Gasteiger charge is 2.22. The molecular formula is C38H50N4O4S. The van der Waals surface area contributed by atoms with E-state index in [2.05, 4.69) is 49.1 Å². The van der Waals surface area contributed by atoms with Crippen LogP contribution in [0.1, 0.15) is 90.5 Å². The average Bonchev–Trinajstić information content (AvgIpc) is 3.67. The Hall–Kier alpha value is -3.95. The molecule has 2 unspecified atom stereocenters. The molecule has 0 saturated carbocycles. The van der Waals surface area contributed by atoms with E-state index in [0.717, 1.165) is 81.5 Å². The van der Waals surface area contributed by atoms with E-state index in [1.54, 1.807) is 18.3 Å². The second-order valence-electron chi connectivity index (χ2n) is 11.7. The number of aryl methyl sites for hydroxylation is 1. The molecule has 0 aliphatic carbocycles. The van der Waals surface area contributed by atoms with Gasteiger partial charge in [-0.2, -0.15) is 11.8 Å². The van der Waals surface area contributed by atoms with Crippen molar-refractivity contribution in [3.8, 4) is 11.3 Å². The SMILES string of the molecule is CC=N/C(C)=C(C(=C\CCC)/c1ccc([N+](=O)[O-])cc1)\C(N)=C(/C)CC.Cc1noc(-c2ccccc2)c1CSCC1CCC(C)O1. The minimum absolute atomic E-state index is 0.0747. The maximum Gasteiger partial charge on any atom is 0.269 e. The third-order valence-corrected chi connectivity index (χ3v) is 9.23. The van der Waals surface area contributed by atoms with Gasteiger partial charge in [-0.25, -0.2) is 0 Å². The first-order valence-corrected chi connectivity index (χ1v) is 17.6. The monoisotopic (exact) mass is 658 g/mol. The lowest BCUT2D eigenvalue weighted by molar-refractivity contribution is -0.384. The summed E-state index contributed by atoms with van der Waals surface area (Å²) < 4.78 is 11.4. The van der Waals surface area contributed by atoms with Gasteiger partial charge >= 0.3 is 0 Å². The summed E-state index contributed by atoms with van der Waals surface area (Å²) in [6.07, 6.45) is 9.82. The van der Waals surface area contributed by atoms with Gasteiger partial charge < -0.3 is 15.0 Å². The number of thioether (sulfide) groups is 1. The molecule has 47 heavy (non-hydrogen) atoms. The topological polar surface area (TPSA) is 117 Å². The molecule has 1 saturated heterocycles. The van der Waals surface area contributed by atoms with Crippen LogP contribution in [0.15, 0.2) is 92.7 Å². The standard InChI is InChI=1S/C21H29N3O2.C17H21NO2S/c1-6-9-10-19(17-11-13-18(14-12-17)24(25)26)20(16(5)23-8-3)21(22)15(4)7-2;1-12-8-9-15(19-12)10-21-11-16-13(2)18-20-17(16)14-6-4-3-5-7-14/h8,10-14H,6-7,9,22H2,1-5H3;3-7,12,15H,8-11H2,1-2H3/b19-10-,20-16-,21-15-,23-8?;. The first kappa shape index (κ1) is 37.5. The van der Waals surface area contributed by atoms with Crippen molar-refractivity contribution in [2.24, 2.45) is 10.7 Å². The summed E-state index contributed by atoms with van der Waals surface area (Å²) in [5.41, 5.74) is 15.3. The van der Waals surface area contributed by atoms with Gasteiger partial charge in [0.15, 0.2) is 5.76 Å². The summed E-state index contributed by atoms with van der Waals surface area (Å²) in [6.45, 7) is 14.2. The number of nitro benzene ring substituents is 1. The summed E-state index contributed by atoms with van der Waals surface area (Å²) in [5, 5.41) is 15.1. The van der Waals surface area contributed by atoms with Crippen molar-refractivity contribution < 1.29 is 14.2 Å². The van der Waals surface area contributed by atoms with Crippen LogP contribution < -0.4 is 5.73 Å². The zero-order valence-electron chi connectivity index (χ0n) is 28.9. The molecule has 3 aromatic rings. The number of nitro groups is 1. The summed E-state index contributed by atoms with van der Waals surface area (Å²) >= 11 is 1.91. The number of ether oxygens (including phenoxy) is 1. The van der Waals surface area contributed by atoms with E-state index in [-0.39, 0.29) is 5.69 Å². The van der Waals surface area contributed by atoms with Gasteiger partial charge in [0.25, 0.3) is 5.69 Å². The Balaban J connectivity index is 0.000000260. The van der Waals surface area contributed by atoms with Gasteiger partial charge in [-0.05, 0) is 89.1 Å². The Morgan fingerprint density at radius 1 is 1.13 bits per heavy atom. The number of aliphatic imine (C=N–C) groups is 1. The minimum Gasteiger partial charge on any atom is -0.398 e. The van der Waals surface area contributed by atoms with E-state index >= 15 is 0 Å². The summed E-state index contributed by atoms with van der Waals surface area (Å²) in [7, 11) is 0. The highest BCUT2D eigenvalue weighted by atomic mass is 32.2. The molecule has 1 fully saturated rings. The van der Waals surface area contributed by atoms with Crippen molar-refractivity contribution >= 4 is 29.2 Å². The van der Waals surface area contributed by atoms with Crippen LogP contribution in [0.4, 0.5) is 5.69 Å². The first-order valence-electron chi connectivity index (χ1n) is 16.4. The molecule has 0 radical (unpaired) electrons. The van der Waals surface area contributed by atoms with Crippen molar-refractivity contribution in [3.63, 3.8) is 0 Å². The fourth-order valence-electron chi connectivity index (χ4n) is 5.29. The number of unbranched alkanes of at least 4 members (excludes halogenated alkanes) is 1. The van der Waals surface area contributed by atoms with Crippen molar-refractivity contribution in [1.29, 1.82) is 0 Å². The fourth-order valence-corrected chi connectivity index (χ4v) is 6.46. The van der Waals surface area contributed by atoms with Crippen LogP contribution in [0, 0.1) is 17.0 Å². The quantitative estimate of drug-likeness (QED) is 0.0840. The average molecular weight is 659 g/mol. The molecule has 2 aromatic carbocycles. The maximum atomic E-state index is 11.0. The second kappa shape index (κ2) is 19.0. The Morgan fingerprint density at radius 2 is 1.83 bits per heavy atom. The van der Waals surface area contributed by atoms with E-state index in [9.17, 15) is 10.1 Å². The smallest absolute Gasteiger partial charge is 0.269 e. The number of hydrogen-bond acceptors (Lipinski definition) is 8. The zero-order chi connectivity index (χ0) is 34.3. The van der Waals surface area contributed by atoms with Crippen LogP contribution in [-0.2, 0) is 10.5 Å². The molecule has 1 aliphatic rings. The van der Waals surface area contributed by atoms with Crippen LogP contribution in [0.3, 0.4) is 0 Å². The molecule has 4 rings (SSSR count). The molecule has 1 aromatic heterocycles. The van der Waals surface area contributed by atoms with Crippen molar-refractivity contribution in [2.45, 2.75) is 98.5 Å². The van der Waals surface area contributed by atoms with Crippen LogP contribution >= 0.6 is 11.8 Å². The number of rotatable bonds is 13. The number of benzene rings is 2. The molecule has 0 spiro atoms. The third-order valence-electron chi connectivity index (χ3n) is 8.13. The van der Waals surface area contributed by atoms with Gasteiger partial charge in [0, 0.05) is 57.9 Å². The van der Waals surface area contributed by atoms with Gasteiger partial charge in [-0.3, -0.25) is 15.1 Å². The molecule has 0 bridgehead atoms. The number of nitrogens with zero attached hydrogens (tertiary/aromatic N) is 3. The summed E-state index contributed by atoms with van der Waals surface area (Å²) in [6, 6.07) is 16.8. The maximum absolute atomic E-state index is 11.0. The Labute approximate surface area is 284 Å². The molecule has 9 heteroatoms. The molecule has 1 aliphatic heterocycles. The molecule has 2 heterocycles. The van der Waals surface area contributed by atoms with Crippen molar-refractivity contribution in [2.75, 3.05) is 5.75 Å². The van der Waals surface area contributed by atoms with Crippen LogP contribution in [0.25, 0.3) is 16.9 Å². The van der Waals surface area contributed by atoms with E-state index in [0.29, 0.717) is 12.2 Å². The van der Waals surface area contributed by atoms with Gasteiger partial charge in [0.2, 0.25) is 0 Å². The molecular weight excluding hydrogens is 609 g/mol. The predicted octanol–water partition coefficient (Wildman–Crippen LogP) is 10.2. The third kappa shape index (κ3) is 10.8. The Bertz CT molecular complexity index is 1570. The summed E-state index contributed by atoms with van der Waals surface area (Å²) in [4.78, 5) is 15.0. The molecule has 2 atom stereocenters. The van der Waals surface area contributed by atoms with Gasteiger partial charge in [-0.1, -0.05) is 61.8 Å².